The van der Waals surface area contributed by atoms with Gasteiger partial charge in [-0.1, -0.05) is 49.6 Å². The molecule has 1 amide bonds. The van der Waals surface area contributed by atoms with Gasteiger partial charge in [0.15, 0.2) is 14.9 Å². The second-order valence-corrected chi connectivity index (χ2v) is 11.0. The molecule has 0 aromatic heterocycles. The molecule has 2 aromatic carbocycles. The summed E-state index contributed by atoms with van der Waals surface area (Å²) >= 11 is 0. The fourth-order valence-corrected chi connectivity index (χ4v) is 5.36. The van der Waals surface area contributed by atoms with Crippen LogP contribution in [0.2, 0.25) is 0 Å². The highest BCUT2D eigenvalue weighted by molar-refractivity contribution is 7.91. The highest BCUT2D eigenvalue weighted by Gasteiger charge is 2.32. The number of nitrogens with two attached hydrogens (primary N) is 1. The number of guanidine groups is 1. The van der Waals surface area contributed by atoms with Crippen molar-refractivity contribution in [2.75, 3.05) is 12.3 Å². The van der Waals surface area contributed by atoms with Gasteiger partial charge < -0.3 is 21.1 Å². The predicted octanol–water partition coefficient (Wildman–Crippen LogP) is 0.649. The van der Waals surface area contributed by atoms with E-state index < -0.39 is 51.5 Å². The predicted molar refractivity (Wildman–Crippen MR) is 137 cm³/mol. The van der Waals surface area contributed by atoms with Crippen LogP contribution >= 0.6 is 0 Å². The van der Waals surface area contributed by atoms with Gasteiger partial charge in [0.25, 0.3) is 5.96 Å². The average molecular weight is 521 g/mol. The van der Waals surface area contributed by atoms with Crippen molar-refractivity contribution in [3.63, 3.8) is 0 Å². The summed E-state index contributed by atoms with van der Waals surface area (Å²) in [6.07, 6.45) is 0.562. The van der Waals surface area contributed by atoms with Crippen molar-refractivity contribution in [2.24, 2.45) is 22.6 Å². The Morgan fingerprint density at radius 1 is 1.19 bits per heavy atom. The molecule has 2 aromatic rings. The van der Waals surface area contributed by atoms with Crippen molar-refractivity contribution in [3.8, 4) is 0 Å². The molecule has 14 heteroatoms. The summed E-state index contributed by atoms with van der Waals surface area (Å²) in [5, 5.41) is 33.1. The van der Waals surface area contributed by atoms with Crippen LogP contribution in [-0.4, -0.2) is 60.7 Å². The minimum atomic E-state index is -3.89. The Labute approximate surface area is 210 Å². The first-order chi connectivity index (χ1) is 16.9. The van der Waals surface area contributed by atoms with Crippen LogP contribution in [0.15, 0.2) is 52.4 Å². The number of hydrogen-bond acceptors (Lipinski definition) is 8. The fraction of sp³-hybridized carbons (Fsp3) is 0.455. The summed E-state index contributed by atoms with van der Waals surface area (Å²) < 4.78 is 26.5. The molecule has 0 spiro atoms. The van der Waals surface area contributed by atoms with Gasteiger partial charge in [0.05, 0.1) is 22.5 Å². The number of carbonyl (C=O) groups is 1. The zero-order chi connectivity index (χ0) is 26.9. The lowest BCUT2D eigenvalue weighted by Gasteiger charge is -2.23. The van der Waals surface area contributed by atoms with Gasteiger partial charge in [0.2, 0.25) is 5.91 Å². The lowest BCUT2D eigenvalue weighted by molar-refractivity contribution is -0.525. The molecule has 2 rings (SSSR count). The second-order valence-electron chi connectivity index (χ2n) is 8.92. The van der Waals surface area contributed by atoms with E-state index in [4.69, 9.17) is 5.73 Å². The lowest BCUT2D eigenvalue weighted by atomic mass is 9.75. The number of nitrogens with one attached hydrogen (secondary N) is 2. The van der Waals surface area contributed by atoms with E-state index in [1.54, 1.807) is 29.7 Å². The molecule has 6 N–H and O–H groups in total. The average Bonchev–Trinajstić information content (AvgIpc) is 2.79. The summed E-state index contributed by atoms with van der Waals surface area (Å²) in [4.78, 5) is 27.4. The first-order valence-electron chi connectivity index (χ1n) is 11.5. The molecule has 196 valence electrons. The van der Waals surface area contributed by atoms with Gasteiger partial charge in [-0.15, -0.1) is 0 Å². The van der Waals surface area contributed by atoms with E-state index in [1.165, 1.54) is 6.07 Å². The highest BCUT2D eigenvalue weighted by atomic mass is 32.2. The van der Waals surface area contributed by atoms with E-state index >= 15 is 0 Å². The van der Waals surface area contributed by atoms with Crippen molar-refractivity contribution in [1.29, 1.82) is 0 Å². The van der Waals surface area contributed by atoms with Crippen molar-refractivity contribution < 1.29 is 28.3 Å². The summed E-state index contributed by atoms with van der Waals surface area (Å²) in [6, 6.07) is 12.0. The summed E-state index contributed by atoms with van der Waals surface area (Å²) in [5.41, 5.74) is 7.09. The van der Waals surface area contributed by atoms with Gasteiger partial charge in [-0.3, -0.25) is 4.79 Å². The van der Waals surface area contributed by atoms with Gasteiger partial charge in [-0.05, 0) is 48.1 Å². The minimum absolute atomic E-state index is 0.0184. The third-order valence-corrected chi connectivity index (χ3v) is 7.30. The number of benzene rings is 2. The fourth-order valence-electron chi connectivity index (χ4n) is 3.74. The topological polar surface area (TPSA) is 197 Å². The molecule has 0 saturated carbocycles. The van der Waals surface area contributed by atoms with Crippen molar-refractivity contribution in [2.45, 2.75) is 43.9 Å². The number of amides is 1. The SMILES string of the molecule is CC(C)C[C@H](NC(=O)[C@H](CCCN=C(N)N[N+](=O)[O-])CS(=O)(=O)c1ccc2ccccc2c1)B(O)O. The van der Waals surface area contributed by atoms with E-state index in [9.17, 15) is 33.4 Å². The number of sulfone groups is 1. The number of carbonyl (C=O) groups excluding carboxylic acids is 1. The zero-order valence-corrected chi connectivity index (χ0v) is 21.0. The Balaban J connectivity index is 2.23. The molecule has 0 saturated heterocycles. The first kappa shape index (κ1) is 29.0. The summed E-state index contributed by atoms with van der Waals surface area (Å²) in [7, 11) is -5.71. The number of rotatable bonds is 13. The molecule has 0 unspecified atom stereocenters. The maximum Gasteiger partial charge on any atom is 0.475 e. The smallest absolute Gasteiger partial charge is 0.426 e. The van der Waals surface area contributed by atoms with E-state index in [0.29, 0.717) is 0 Å². The van der Waals surface area contributed by atoms with E-state index in [1.807, 2.05) is 26.0 Å². The van der Waals surface area contributed by atoms with Crippen LogP contribution in [0, 0.1) is 22.0 Å². The van der Waals surface area contributed by atoms with Crippen LogP contribution in [0.5, 0.6) is 0 Å². The van der Waals surface area contributed by atoms with E-state index in [-0.39, 0.29) is 36.6 Å². The molecular weight excluding hydrogens is 489 g/mol. The van der Waals surface area contributed by atoms with E-state index in [2.05, 4.69) is 10.3 Å². The van der Waals surface area contributed by atoms with Crippen LogP contribution in [0.25, 0.3) is 10.8 Å². The zero-order valence-electron chi connectivity index (χ0n) is 20.2. The molecule has 36 heavy (non-hydrogen) atoms. The lowest BCUT2D eigenvalue weighted by Crippen LogP contribution is -2.50. The van der Waals surface area contributed by atoms with Crippen LogP contribution in [0.4, 0.5) is 0 Å². The third kappa shape index (κ3) is 9.09. The number of fused-ring (bicyclic) bond motifs is 1. The number of hydrazine groups is 1. The van der Waals surface area contributed by atoms with Gasteiger partial charge in [0.1, 0.15) is 0 Å². The third-order valence-electron chi connectivity index (χ3n) is 5.48. The minimum Gasteiger partial charge on any atom is -0.426 e. The molecule has 0 fully saturated rings. The molecular formula is C22H32BN5O7S. The standard InChI is InChI=1S/C22H32BN5O7S/c1-15(2)12-20(23(30)31)26-21(29)18(8-5-11-25-22(24)27-28(32)33)14-36(34,35)19-10-9-16-6-3-4-7-17(16)13-19/h3-4,6-7,9-10,13,15,18,20,30-31H,5,8,11-12,14H2,1-2H3,(H,26,29)(H3,24,25,27)/t18-,20+/m1/s1. The van der Waals surface area contributed by atoms with Gasteiger partial charge in [0, 0.05) is 6.54 Å². The molecule has 12 nitrogen and oxygen atoms in total. The molecule has 0 bridgehead atoms. The molecule has 0 heterocycles. The monoisotopic (exact) mass is 521 g/mol. The van der Waals surface area contributed by atoms with Crippen molar-refractivity contribution in [1.82, 2.24) is 10.7 Å². The van der Waals surface area contributed by atoms with Crippen LogP contribution in [0.1, 0.15) is 33.1 Å². The number of nitro groups is 1. The number of nitrogens with zero attached hydrogens (tertiary/aromatic N) is 2. The number of hydrogen-bond donors (Lipinski definition) is 5. The Hall–Kier alpha value is -3.23. The molecule has 0 radical (unpaired) electrons. The normalized spacial score (nSPS) is 13.9. The second kappa shape index (κ2) is 13.2. The first-order valence-corrected chi connectivity index (χ1v) is 13.1. The molecule has 0 aliphatic rings. The van der Waals surface area contributed by atoms with E-state index in [0.717, 1.165) is 10.8 Å². The van der Waals surface area contributed by atoms with Gasteiger partial charge in [-0.25, -0.2) is 23.5 Å². The molecule has 0 aliphatic heterocycles. The van der Waals surface area contributed by atoms with Crippen LogP contribution < -0.4 is 16.5 Å². The quantitative estimate of drug-likeness (QED) is 0.0627. The summed E-state index contributed by atoms with van der Waals surface area (Å²) in [6.45, 7) is 3.72. The van der Waals surface area contributed by atoms with Crippen molar-refractivity contribution >= 4 is 39.6 Å². The Morgan fingerprint density at radius 2 is 1.86 bits per heavy atom. The molecule has 0 aliphatic carbocycles. The Kier molecular flexibility index (Phi) is 10.6. The van der Waals surface area contributed by atoms with Crippen LogP contribution in [0.3, 0.4) is 0 Å². The largest absolute Gasteiger partial charge is 0.475 e. The maximum atomic E-state index is 13.2. The van der Waals surface area contributed by atoms with Crippen molar-refractivity contribution in [3.05, 3.63) is 52.6 Å². The molecule has 2 atom stereocenters. The maximum absolute atomic E-state index is 13.2. The highest BCUT2D eigenvalue weighted by Crippen LogP contribution is 2.23. The van der Waals surface area contributed by atoms with Gasteiger partial charge in [-0.2, -0.15) is 0 Å². The van der Waals surface area contributed by atoms with Crippen LogP contribution in [-0.2, 0) is 14.6 Å². The Morgan fingerprint density at radius 3 is 2.47 bits per heavy atom. The number of aliphatic imine (C=N–C) groups is 1. The van der Waals surface area contributed by atoms with Gasteiger partial charge >= 0.3 is 7.12 Å². The Bertz CT molecular complexity index is 1190. The summed E-state index contributed by atoms with van der Waals surface area (Å²) in [5.74, 6) is -3.53.